The highest BCUT2D eigenvalue weighted by Gasteiger charge is 2.10. The summed E-state index contributed by atoms with van der Waals surface area (Å²) in [7, 11) is 0. The molecular formula is C10H9N3O2. The topological polar surface area (TPSA) is 71.8 Å². The number of hydrogen-bond donors (Lipinski definition) is 1. The Morgan fingerprint density at radius 2 is 2.20 bits per heavy atom. The van der Waals surface area contributed by atoms with Gasteiger partial charge in [0, 0.05) is 23.4 Å². The number of aromatic nitrogens is 2. The van der Waals surface area contributed by atoms with Gasteiger partial charge in [-0.2, -0.15) is 5.10 Å². The lowest BCUT2D eigenvalue weighted by Gasteiger charge is -2.00. The van der Waals surface area contributed by atoms with Crippen molar-refractivity contribution >= 4 is 5.69 Å². The number of hydrogen-bond acceptors (Lipinski definition) is 3. The molecule has 1 aromatic heterocycles. The van der Waals surface area contributed by atoms with E-state index in [9.17, 15) is 10.1 Å². The molecule has 0 saturated carbocycles. The van der Waals surface area contributed by atoms with Gasteiger partial charge < -0.3 is 0 Å². The van der Waals surface area contributed by atoms with Gasteiger partial charge in [0.25, 0.3) is 5.69 Å². The van der Waals surface area contributed by atoms with Crippen LogP contribution in [0.25, 0.3) is 11.1 Å². The van der Waals surface area contributed by atoms with Crippen LogP contribution in [0, 0.1) is 17.0 Å². The minimum Gasteiger partial charge on any atom is -0.285 e. The SMILES string of the molecule is Cc1cc(-c2cn[nH]c2)ccc1[N+](=O)[O-]. The molecule has 2 rings (SSSR count). The summed E-state index contributed by atoms with van der Waals surface area (Å²) in [6, 6.07) is 5.01. The number of nitro benzene ring substituents is 1. The monoisotopic (exact) mass is 203 g/mol. The minimum atomic E-state index is -0.380. The van der Waals surface area contributed by atoms with E-state index in [4.69, 9.17) is 0 Å². The third-order valence-electron chi connectivity index (χ3n) is 2.23. The summed E-state index contributed by atoms with van der Waals surface area (Å²) in [6.45, 7) is 1.72. The fourth-order valence-corrected chi connectivity index (χ4v) is 1.45. The Morgan fingerprint density at radius 1 is 1.40 bits per heavy atom. The maximum atomic E-state index is 10.6. The number of nitrogens with zero attached hydrogens (tertiary/aromatic N) is 2. The highest BCUT2D eigenvalue weighted by atomic mass is 16.6. The first-order chi connectivity index (χ1) is 7.18. The largest absolute Gasteiger partial charge is 0.285 e. The normalized spacial score (nSPS) is 10.2. The van der Waals surface area contributed by atoms with Crippen molar-refractivity contribution in [3.63, 3.8) is 0 Å². The van der Waals surface area contributed by atoms with Crippen LogP contribution in [0.3, 0.4) is 0 Å². The number of benzene rings is 1. The Labute approximate surface area is 85.9 Å². The van der Waals surface area contributed by atoms with Crippen LogP contribution < -0.4 is 0 Å². The van der Waals surface area contributed by atoms with Gasteiger partial charge in [-0.3, -0.25) is 15.2 Å². The Morgan fingerprint density at radius 3 is 2.73 bits per heavy atom. The first kappa shape index (κ1) is 9.39. The summed E-state index contributed by atoms with van der Waals surface area (Å²) in [5.41, 5.74) is 2.64. The number of rotatable bonds is 2. The van der Waals surface area contributed by atoms with E-state index in [0.29, 0.717) is 5.56 Å². The molecule has 15 heavy (non-hydrogen) atoms. The van der Waals surface area contributed by atoms with Crippen LogP contribution in [0.4, 0.5) is 5.69 Å². The summed E-state index contributed by atoms with van der Waals surface area (Å²) < 4.78 is 0. The lowest BCUT2D eigenvalue weighted by Crippen LogP contribution is -1.91. The molecule has 2 aromatic rings. The molecule has 0 saturated heterocycles. The summed E-state index contributed by atoms with van der Waals surface area (Å²) >= 11 is 0. The number of aryl methyl sites for hydroxylation is 1. The molecular weight excluding hydrogens is 194 g/mol. The molecule has 1 N–H and O–H groups in total. The lowest BCUT2D eigenvalue weighted by atomic mass is 10.1. The summed E-state index contributed by atoms with van der Waals surface area (Å²) in [4.78, 5) is 10.2. The molecule has 0 radical (unpaired) electrons. The number of aromatic amines is 1. The Hall–Kier alpha value is -2.17. The standard InChI is InChI=1S/C10H9N3O2/c1-7-4-8(9-5-11-12-6-9)2-3-10(7)13(14)15/h2-6H,1H3,(H,11,12). The van der Waals surface area contributed by atoms with Crippen molar-refractivity contribution in [2.75, 3.05) is 0 Å². The zero-order valence-corrected chi connectivity index (χ0v) is 8.10. The molecule has 0 aliphatic carbocycles. The van der Waals surface area contributed by atoms with Gasteiger partial charge in [0.1, 0.15) is 0 Å². The Bertz CT molecular complexity index is 491. The van der Waals surface area contributed by atoms with E-state index in [1.165, 1.54) is 6.07 Å². The van der Waals surface area contributed by atoms with Crippen LogP contribution in [0.15, 0.2) is 30.6 Å². The second-order valence-electron chi connectivity index (χ2n) is 3.25. The maximum absolute atomic E-state index is 10.6. The molecule has 1 aromatic carbocycles. The van der Waals surface area contributed by atoms with Gasteiger partial charge in [-0.1, -0.05) is 0 Å². The van der Waals surface area contributed by atoms with Crippen molar-refractivity contribution < 1.29 is 4.92 Å². The van der Waals surface area contributed by atoms with Crippen LogP contribution in [0.1, 0.15) is 5.56 Å². The second kappa shape index (κ2) is 3.53. The third kappa shape index (κ3) is 1.71. The maximum Gasteiger partial charge on any atom is 0.272 e. The summed E-state index contributed by atoms with van der Waals surface area (Å²) in [5.74, 6) is 0. The molecule has 0 fully saturated rings. The minimum absolute atomic E-state index is 0.141. The predicted octanol–water partition coefficient (Wildman–Crippen LogP) is 2.29. The molecule has 0 unspecified atom stereocenters. The Balaban J connectivity index is 2.47. The summed E-state index contributed by atoms with van der Waals surface area (Å²) in [6.07, 6.45) is 3.43. The van der Waals surface area contributed by atoms with E-state index in [0.717, 1.165) is 11.1 Å². The van der Waals surface area contributed by atoms with E-state index < -0.39 is 0 Å². The average molecular weight is 203 g/mol. The lowest BCUT2D eigenvalue weighted by molar-refractivity contribution is -0.385. The molecule has 0 atom stereocenters. The van der Waals surface area contributed by atoms with Gasteiger partial charge in [0.05, 0.1) is 11.1 Å². The van der Waals surface area contributed by atoms with Crippen LogP contribution >= 0.6 is 0 Å². The third-order valence-corrected chi connectivity index (χ3v) is 2.23. The molecule has 5 heteroatoms. The zero-order chi connectivity index (χ0) is 10.8. The van der Waals surface area contributed by atoms with Gasteiger partial charge >= 0.3 is 0 Å². The number of nitro groups is 1. The van der Waals surface area contributed by atoms with Crippen LogP contribution in [-0.2, 0) is 0 Å². The molecule has 1 heterocycles. The smallest absolute Gasteiger partial charge is 0.272 e. The van der Waals surface area contributed by atoms with Gasteiger partial charge in [-0.15, -0.1) is 0 Å². The van der Waals surface area contributed by atoms with Gasteiger partial charge in [0.15, 0.2) is 0 Å². The molecule has 76 valence electrons. The van der Waals surface area contributed by atoms with E-state index in [-0.39, 0.29) is 10.6 Å². The van der Waals surface area contributed by atoms with E-state index in [2.05, 4.69) is 10.2 Å². The van der Waals surface area contributed by atoms with Crippen LogP contribution in [-0.4, -0.2) is 15.1 Å². The van der Waals surface area contributed by atoms with Crippen molar-refractivity contribution in [2.24, 2.45) is 0 Å². The van der Waals surface area contributed by atoms with Crippen LogP contribution in [0.2, 0.25) is 0 Å². The molecule has 0 amide bonds. The molecule has 5 nitrogen and oxygen atoms in total. The van der Waals surface area contributed by atoms with Crippen molar-refractivity contribution in [3.05, 3.63) is 46.3 Å². The van der Waals surface area contributed by atoms with E-state index in [1.54, 1.807) is 31.5 Å². The zero-order valence-electron chi connectivity index (χ0n) is 8.10. The van der Waals surface area contributed by atoms with Crippen molar-refractivity contribution in [1.29, 1.82) is 0 Å². The fourth-order valence-electron chi connectivity index (χ4n) is 1.45. The predicted molar refractivity (Wildman–Crippen MR) is 55.4 cm³/mol. The number of H-pyrrole nitrogens is 1. The second-order valence-corrected chi connectivity index (χ2v) is 3.25. The molecule has 0 aliphatic heterocycles. The first-order valence-corrected chi connectivity index (χ1v) is 4.42. The first-order valence-electron chi connectivity index (χ1n) is 4.42. The molecule has 0 spiro atoms. The van der Waals surface area contributed by atoms with Crippen LogP contribution in [0.5, 0.6) is 0 Å². The summed E-state index contributed by atoms with van der Waals surface area (Å²) in [5, 5.41) is 17.1. The average Bonchev–Trinajstić information content (AvgIpc) is 2.69. The fraction of sp³-hybridized carbons (Fsp3) is 0.100. The van der Waals surface area contributed by atoms with Crippen molar-refractivity contribution in [1.82, 2.24) is 10.2 Å². The van der Waals surface area contributed by atoms with E-state index >= 15 is 0 Å². The molecule has 0 aliphatic rings. The quantitative estimate of drug-likeness (QED) is 0.601. The van der Waals surface area contributed by atoms with Gasteiger partial charge in [-0.25, -0.2) is 0 Å². The highest BCUT2D eigenvalue weighted by Crippen LogP contribution is 2.24. The molecule has 0 bridgehead atoms. The van der Waals surface area contributed by atoms with E-state index in [1.807, 2.05) is 0 Å². The Kier molecular flexibility index (Phi) is 2.21. The van der Waals surface area contributed by atoms with Gasteiger partial charge in [0.2, 0.25) is 0 Å². The highest BCUT2D eigenvalue weighted by molar-refractivity contribution is 5.65. The van der Waals surface area contributed by atoms with Crippen molar-refractivity contribution in [3.8, 4) is 11.1 Å². The van der Waals surface area contributed by atoms with Crippen molar-refractivity contribution in [2.45, 2.75) is 6.92 Å². The number of nitrogens with one attached hydrogen (secondary N) is 1. The van der Waals surface area contributed by atoms with Gasteiger partial charge in [-0.05, 0) is 24.6 Å².